The van der Waals surface area contributed by atoms with Crippen molar-refractivity contribution in [2.75, 3.05) is 6.54 Å². The Morgan fingerprint density at radius 2 is 1.89 bits per heavy atom. The molecule has 0 spiro atoms. The maximum absolute atomic E-state index is 12.1. The second-order valence-electron chi connectivity index (χ2n) is 5.55. The van der Waals surface area contributed by atoms with Gasteiger partial charge in [0.05, 0.1) is 4.90 Å². The largest absolute Gasteiger partial charge is 0.330 e. The van der Waals surface area contributed by atoms with Gasteiger partial charge < -0.3 is 5.73 Å². The molecule has 1 aliphatic rings. The Morgan fingerprint density at radius 1 is 1.33 bits per heavy atom. The highest BCUT2D eigenvalue weighted by atomic mass is 32.2. The molecular weight excluding hydrogens is 248 g/mol. The first-order valence-corrected chi connectivity index (χ1v) is 7.65. The van der Waals surface area contributed by atoms with Crippen LogP contribution in [0.5, 0.6) is 0 Å². The summed E-state index contributed by atoms with van der Waals surface area (Å²) in [6.07, 6.45) is 1.67. The molecule has 0 bridgehead atoms. The van der Waals surface area contributed by atoms with Crippen molar-refractivity contribution < 1.29 is 8.42 Å². The van der Waals surface area contributed by atoms with E-state index in [1.54, 1.807) is 12.1 Å². The number of sulfonamides is 1. The van der Waals surface area contributed by atoms with Gasteiger partial charge in [0, 0.05) is 6.04 Å². The summed E-state index contributed by atoms with van der Waals surface area (Å²) in [6.45, 7) is 4.69. The molecule has 3 N–H and O–H groups in total. The lowest BCUT2D eigenvalue weighted by molar-refractivity contribution is 0.555. The third-order valence-electron chi connectivity index (χ3n) is 3.48. The smallest absolute Gasteiger partial charge is 0.240 e. The molecule has 0 aliphatic heterocycles. The van der Waals surface area contributed by atoms with Crippen molar-refractivity contribution >= 4 is 10.0 Å². The first kappa shape index (κ1) is 13.5. The van der Waals surface area contributed by atoms with Crippen LogP contribution in [-0.4, -0.2) is 21.0 Å². The van der Waals surface area contributed by atoms with Crippen LogP contribution in [-0.2, 0) is 16.4 Å². The van der Waals surface area contributed by atoms with E-state index in [1.807, 2.05) is 12.1 Å². The van der Waals surface area contributed by atoms with Crippen LogP contribution in [0.2, 0.25) is 0 Å². The van der Waals surface area contributed by atoms with Crippen LogP contribution >= 0.6 is 0 Å². The highest BCUT2D eigenvalue weighted by Gasteiger charge is 2.47. The predicted octanol–water partition coefficient (Wildman–Crippen LogP) is 1.26. The molecule has 1 saturated carbocycles. The highest BCUT2D eigenvalue weighted by Crippen LogP contribution is 2.45. The SMILES string of the molecule is CC1(C)CC1NS(=O)(=O)c1ccc(CCN)cc1. The molecule has 1 atom stereocenters. The lowest BCUT2D eigenvalue weighted by Crippen LogP contribution is -2.28. The average molecular weight is 268 g/mol. The summed E-state index contributed by atoms with van der Waals surface area (Å²) in [6, 6.07) is 6.98. The normalized spacial score (nSPS) is 21.8. The molecule has 0 radical (unpaired) electrons. The van der Waals surface area contributed by atoms with Gasteiger partial charge in [0.2, 0.25) is 10.0 Å². The van der Waals surface area contributed by atoms with Crippen molar-refractivity contribution in [3.63, 3.8) is 0 Å². The minimum atomic E-state index is -3.38. The zero-order valence-corrected chi connectivity index (χ0v) is 11.6. The first-order chi connectivity index (χ1) is 8.35. The number of benzene rings is 1. The minimum absolute atomic E-state index is 0.0613. The number of hydrogen-bond acceptors (Lipinski definition) is 3. The van der Waals surface area contributed by atoms with Gasteiger partial charge in [-0.15, -0.1) is 0 Å². The van der Waals surface area contributed by atoms with Crippen molar-refractivity contribution in [3.05, 3.63) is 29.8 Å². The average Bonchev–Trinajstić information content (AvgIpc) is 2.86. The van der Waals surface area contributed by atoms with Gasteiger partial charge in [-0.25, -0.2) is 13.1 Å². The van der Waals surface area contributed by atoms with Crippen LogP contribution in [0.4, 0.5) is 0 Å². The number of rotatable bonds is 5. The first-order valence-electron chi connectivity index (χ1n) is 6.16. The fourth-order valence-electron chi connectivity index (χ4n) is 1.93. The van der Waals surface area contributed by atoms with Crippen LogP contribution in [0.15, 0.2) is 29.2 Å². The maximum Gasteiger partial charge on any atom is 0.240 e. The van der Waals surface area contributed by atoms with Gasteiger partial charge in [0.25, 0.3) is 0 Å². The monoisotopic (exact) mass is 268 g/mol. The topological polar surface area (TPSA) is 72.2 Å². The number of nitrogens with two attached hydrogens (primary N) is 1. The van der Waals surface area contributed by atoms with Crippen molar-refractivity contribution in [1.82, 2.24) is 4.72 Å². The summed E-state index contributed by atoms with van der Waals surface area (Å²) in [5.74, 6) is 0. The maximum atomic E-state index is 12.1. The summed E-state index contributed by atoms with van der Waals surface area (Å²) in [4.78, 5) is 0.325. The van der Waals surface area contributed by atoms with Crippen LogP contribution in [0.3, 0.4) is 0 Å². The summed E-state index contributed by atoms with van der Waals surface area (Å²) in [5, 5.41) is 0. The van der Waals surface area contributed by atoms with Gasteiger partial charge in [0.1, 0.15) is 0 Å². The van der Waals surface area contributed by atoms with E-state index in [2.05, 4.69) is 18.6 Å². The van der Waals surface area contributed by atoms with Crippen molar-refractivity contribution in [2.45, 2.75) is 37.6 Å². The molecule has 0 aromatic heterocycles. The Labute approximate surface area is 109 Å². The van der Waals surface area contributed by atoms with E-state index in [9.17, 15) is 8.42 Å². The minimum Gasteiger partial charge on any atom is -0.330 e. The molecule has 4 nitrogen and oxygen atoms in total. The molecule has 0 amide bonds. The van der Waals surface area contributed by atoms with E-state index < -0.39 is 10.0 Å². The predicted molar refractivity (Wildman–Crippen MR) is 71.7 cm³/mol. The van der Waals surface area contributed by atoms with E-state index in [0.717, 1.165) is 18.4 Å². The van der Waals surface area contributed by atoms with E-state index >= 15 is 0 Å². The molecule has 5 heteroatoms. The van der Waals surface area contributed by atoms with Crippen LogP contribution < -0.4 is 10.5 Å². The third-order valence-corrected chi connectivity index (χ3v) is 4.97. The van der Waals surface area contributed by atoms with Gasteiger partial charge in [-0.1, -0.05) is 26.0 Å². The summed E-state index contributed by atoms with van der Waals surface area (Å²) >= 11 is 0. The Bertz CT molecular complexity index is 520. The Hall–Kier alpha value is -0.910. The summed E-state index contributed by atoms with van der Waals surface area (Å²) in [5.41, 5.74) is 6.61. The van der Waals surface area contributed by atoms with Crippen LogP contribution in [0.25, 0.3) is 0 Å². The molecule has 1 aromatic carbocycles. The van der Waals surface area contributed by atoms with E-state index in [1.165, 1.54) is 0 Å². The zero-order chi connectivity index (χ0) is 13.4. The van der Waals surface area contributed by atoms with Gasteiger partial charge in [-0.2, -0.15) is 0 Å². The quantitative estimate of drug-likeness (QED) is 0.844. The van der Waals surface area contributed by atoms with Gasteiger partial charge in [-0.05, 0) is 42.5 Å². The summed E-state index contributed by atoms with van der Waals surface area (Å²) in [7, 11) is -3.38. The zero-order valence-electron chi connectivity index (χ0n) is 10.8. The molecule has 100 valence electrons. The molecule has 18 heavy (non-hydrogen) atoms. The number of hydrogen-bond donors (Lipinski definition) is 2. The molecule has 2 rings (SSSR count). The van der Waals surface area contributed by atoms with E-state index in [-0.39, 0.29) is 11.5 Å². The molecule has 1 unspecified atom stereocenters. The lowest BCUT2D eigenvalue weighted by Gasteiger charge is -2.08. The van der Waals surface area contributed by atoms with Crippen molar-refractivity contribution in [1.29, 1.82) is 0 Å². The Balaban J connectivity index is 2.10. The Morgan fingerprint density at radius 3 is 2.33 bits per heavy atom. The molecule has 1 aliphatic carbocycles. The van der Waals surface area contributed by atoms with Crippen molar-refractivity contribution in [3.8, 4) is 0 Å². The van der Waals surface area contributed by atoms with Gasteiger partial charge in [0.15, 0.2) is 0 Å². The van der Waals surface area contributed by atoms with E-state index in [4.69, 9.17) is 5.73 Å². The highest BCUT2D eigenvalue weighted by molar-refractivity contribution is 7.89. The fourth-order valence-corrected chi connectivity index (χ4v) is 3.33. The lowest BCUT2D eigenvalue weighted by atomic mass is 10.2. The standard InChI is InChI=1S/C13H20N2O2S/c1-13(2)9-12(13)15-18(16,17)11-5-3-10(4-6-11)7-8-14/h3-6,12,15H,7-9,14H2,1-2H3. The third kappa shape index (κ3) is 2.91. The molecule has 0 heterocycles. The fraction of sp³-hybridized carbons (Fsp3) is 0.538. The number of nitrogens with one attached hydrogen (secondary N) is 1. The molecule has 0 saturated heterocycles. The van der Waals surface area contributed by atoms with Crippen LogP contribution in [0, 0.1) is 5.41 Å². The molecular formula is C13H20N2O2S. The second kappa shape index (κ2) is 4.64. The molecule has 1 aromatic rings. The van der Waals surface area contributed by atoms with Crippen molar-refractivity contribution in [2.24, 2.45) is 11.1 Å². The second-order valence-corrected chi connectivity index (χ2v) is 7.26. The Kier molecular flexibility index (Phi) is 3.49. The van der Waals surface area contributed by atoms with Gasteiger partial charge in [-0.3, -0.25) is 0 Å². The molecule has 1 fully saturated rings. The van der Waals surface area contributed by atoms with E-state index in [0.29, 0.717) is 11.4 Å². The summed E-state index contributed by atoms with van der Waals surface area (Å²) < 4.78 is 26.9. The van der Waals surface area contributed by atoms with Crippen LogP contribution in [0.1, 0.15) is 25.8 Å². The van der Waals surface area contributed by atoms with Gasteiger partial charge >= 0.3 is 0 Å².